The van der Waals surface area contributed by atoms with Gasteiger partial charge in [-0.05, 0) is 5.56 Å². The first-order valence-electron chi connectivity index (χ1n) is 5.86. The number of aromatic nitrogens is 2. The van der Waals surface area contributed by atoms with E-state index >= 15 is 0 Å². The molecular weight excluding hydrogens is 278 g/mol. The van der Waals surface area contributed by atoms with Crippen LogP contribution >= 0.6 is 0 Å². The van der Waals surface area contributed by atoms with Crippen LogP contribution in [0, 0.1) is 0 Å². The number of imidazole rings is 1. The molecular formula is C13H11N3O5. The zero-order valence-electron chi connectivity index (χ0n) is 10.6. The molecule has 0 aliphatic rings. The molecule has 1 atom stereocenters. The topological polar surface area (TPSA) is 132 Å². The zero-order valence-corrected chi connectivity index (χ0v) is 10.6. The number of H-pyrrole nitrogens is 1. The third-order valence-corrected chi connectivity index (χ3v) is 2.72. The number of aromatic carboxylic acids is 1. The highest BCUT2D eigenvalue weighted by Crippen LogP contribution is 2.14. The summed E-state index contributed by atoms with van der Waals surface area (Å²) in [6.07, 6.45) is 1.05. The number of hydrogen-bond donors (Lipinski definition) is 4. The predicted octanol–water partition coefficient (Wildman–Crippen LogP) is 0.664. The lowest BCUT2D eigenvalue weighted by molar-refractivity contribution is -0.139. The largest absolute Gasteiger partial charge is 0.479 e. The van der Waals surface area contributed by atoms with E-state index in [-0.39, 0.29) is 5.69 Å². The lowest BCUT2D eigenvalue weighted by atomic mass is 10.1. The van der Waals surface area contributed by atoms with Crippen molar-refractivity contribution in [3.05, 3.63) is 53.6 Å². The number of carboxylic acid groups (broad SMARTS) is 2. The summed E-state index contributed by atoms with van der Waals surface area (Å²) in [4.78, 5) is 40.1. The summed E-state index contributed by atoms with van der Waals surface area (Å²) in [6.45, 7) is 0. The Hall–Kier alpha value is -3.16. The molecule has 0 bridgehead atoms. The van der Waals surface area contributed by atoms with Gasteiger partial charge in [-0.2, -0.15) is 0 Å². The summed E-state index contributed by atoms with van der Waals surface area (Å²) in [6, 6.07) is 6.77. The molecule has 21 heavy (non-hydrogen) atoms. The third kappa shape index (κ3) is 3.06. The second-order valence-electron chi connectivity index (χ2n) is 4.09. The molecule has 108 valence electrons. The maximum absolute atomic E-state index is 12.0. The summed E-state index contributed by atoms with van der Waals surface area (Å²) in [5.41, 5.74) is -0.403. The Bertz CT molecular complexity index is 680. The number of nitrogens with one attached hydrogen (secondary N) is 2. The lowest BCUT2D eigenvalue weighted by Gasteiger charge is -2.14. The number of benzene rings is 1. The summed E-state index contributed by atoms with van der Waals surface area (Å²) < 4.78 is 0. The van der Waals surface area contributed by atoms with E-state index in [1.807, 2.05) is 0 Å². The predicted molar refractivity (Wildman–Crippen MR) is 69.8 cm³/mol. The second kappa shape index (κ2) is 5.87. The van der Waals surface area contributed by atoms with Gasteiger partial charge >= 0.3 is 11.9 Å². The van der Waals surface area contributed by atoms with E-state index in [4.69, 9.17) is 5.11 Å². The van der Waals surface area contributed by atoms with Gasteiger partial charge < -0.3 is 20.5 Å². The fourth-order valence-electron chi connectivity index (χ4n) is 1.76. The molecule has 0 aliphatic carbocycles. The van der Waals surface area contributed by atoms with Crippen LogP contribution < -0.4 is 5.32 Å². The Morgan fingerprint density at radius 3 is 2.38 bits per heavy atom. The minimum atomic E-state index is -1.36. The molecule has 2 aromatic rings. The molecule has 0 aliphatic heterocycles. The minimum Gasteiger partial charge on any atom is -0.479 e. The van der Waals surface area contributed by atoms with Gasteiger partial charge in [-0.3, -0.25) is 4.79 Å². The van der Waals surface area contributed by atoms with E-state index in [2.05, 4.69) is 15.3 Å². The first-order valence-corrected chi connectivity index (χ1v) is 5.86. The minimum absolute atomic E-state index is 0.366. The Balaban J connectivity index is 2.26. The van der Waals surface area contributed by atoms with Crippen LogP contribution in [0.3, 0.4) is 0 Å². The Labute approximate surface area is 118 Å². The third-order valence-electron chi connectivity index (χ3n) is 2.72. The number of carbonyl (C=O) groups excluding carboxylic acids is 1. The van der Waals surface area contributed by atoms with Crippen molar-refractivity contribution in [2.75, 3.05) is 0 Å². The molecule has 0 saturated carbocycles. The number of amides is 1. The van der Waals surface area contributed by atoms with E-state index < -0.39 is 29.6 Å². The van der Waals surface area contributed by atoms with Gasteiger partial charge in [0.15, 0.2) is 17.4 Å². The fourth-order valence-corrected chi connectivity index (χ4v) is 1.76. The number of aliphatic carboxylic acids is 1. The van der Waals surface area contributed by atoms with Crippen LogP contribution in [0.15, 0.2) is 36.7 Å². The zero-order chi connectivity index (χ0) is 15.4. The number of rotatable bonds is 5. The average Bonchev–Trinajstić information content (AvgIpc) is 2.94. The number of nitrogens with zero attached hydrogens (tertiary/aromatic N) is 1. The van der Waals surface area contributed by atoms with Crippen molar-refractivity contribution in [1.82, 2.24) is 15.3 Å². The average molecular weight is 289 g/mol. The van der Waals surface area contributed by atoms with Gasteiger partial charge in [0.05, 0.1) is 6.33 Å². The number of aromatic amines is 1. The Morgan fingerprint density at radius 2 is 1.81 bits per heavy atom. The maximum Gasteiger partial charge on any atom is 0.354 e. The fraction of sp³-hybridized carbons (Fsp3) is 0.0769. The summed E-state index contributed by atoms with van der Waals surface area (Å²) >= 11 is 0. The van der Waals surface area contributed by atoms with Crippen LogP contribution in [0.5, 0.6) is 0 Å². The van der Waals surface area contributed by atoms with Gasteiger partial charge in [0.1, 0.15) is 0 Å². The molecule has 0 unspecified atom stereocenters. The van der Waals surface area contributed by atoms with Crippen LogP contribution in [-0.4, -0.2) is 38.0 Å². The first kappa shape index (κ1) is 14.3. The molecule has 0 radical (unpaired) electrons. The van der Waals surface area contributed by atoms with Crippen LogP contribution in [-0.2, 0) is 4.79 Å². The van der Waals surface area contributed by atoms with Crippen molar-refractivity contribution in [1.29, 1.82) is 0 Å². The van der Waals surface area contributed by atoms with Crippen LogP contribution in [0.1, 0.15) is 32.6 Å². The normalized spacial score (nSPS) is 11.6. The first-order chi connectivity index (χ1) is 10.0. The molecule has 1 aromatic carbocycles. The van der Waals surface area contributed by atoms with Crippen molar-refractivity contribution >= 4 is 17.8 Å². The van der Waals surface area contributed by atoms with Crippen molar-refractivity contribution < 1.29 is 24.6 Å². The molecule has 8 heteroatoms. The molecule has 1 aromatic heterocycles. The Morgan fingerprint density at radius 1 is 1.14 bits per heavy atom. The number of hydrogen-bond acceptors (Lipinski definition) is 4. The van der Waals surface area contributed by atoms with Crippen molar-refractivity contribution in [3.8, 4) is 0 Å². The van der Waals surface area contributed by atoms with Crippen LogP contribution in [0.25, 0.3) is 0 Å². The van der Waals surface area contributed by atoms with Crippen molar-refractivity contribution in [2.45, 2.75) is 6.04 Å². The molecule has 1 heterocycles. The lowest BCUT2D eigenvalue weighted by Crippen LogP contribution is -2.34. The van der Waals surface area contributed by atoms with Crippen molar-refractivity contribution in [2.24, 2.45) is 0 Å². The molecule has 0 saturated heterocycles. The van der Waals surface area contributed by atoms with Crippen molar-refractivity contribution in [3.63, 3.8) is 0 Å². The van der Waals surface area contributed by atoms with Gasteiger partial charge in [-0.15, -0.1) is 0 Å². The Kier molecular flexibility index (Phi) is 3.98. The van der Waals surface area contributed by atoms with Gasteiger partial charge in [-0.25, -0.2) is 14.6 Å². The second-order valence-corrected chi connectivity index (χ2v) is 4.09. The van der Waals surface area contributed by atoms with E-state index in [0.717, 1.165) is 6.33 Å². The SMILES string of the molecule is O=C(N[C@@H](C(=O)O)c1ccccc1)c1nc[nH]c1C(=O)O. The van der Waals surface area contributed by atoms with E-state index in [1.165, 1.54) is 0 Å². The number of carboxylic acids is 2. The van der Waals surface area contributed by atoms with E-state index in [0.29, 0.717) is 5.56 Å². The maximum atomic E-state index is 12.0. The van der Waals surface area contributed by atoms with Gasteiger partial charge in [0, 0.05) is 0 Å². The quantitative estimate of drug-likeness (QED) is 0.639. The summed E-state index contributed by atoms with van der Waals surface area (Å²) in [5.74, 6) is -3.50. The molecule has 0 fully saturated rings. The highest BCUT2D eigenvalue weighted by molar-refractivity contribution is 6.03. The molecule has 8 nitrogen and oxygen atoms in total. The smallest absolute Gasteiger partial charge is 0.354 e. The van der Waals surface area contributed by atoms with Crippen LogP contribution in [0.2, 0.25) is 0 Å². The van der Waals surface area contributed by atoms with Gasteiger partial charge in [0.2, 0.25) is 0 Å². The molecule has 0 spiro atoms. The highest BCUT2D eigenvalue weighted by Gasteiger charge is 2.26. The summed E-state index contributed by atoms with van der Waals surface area (Å²) in [7, 11) is 0. The standard InChI is InChI=1S/C13H11N3O5/c17-11(9-10(13(20)21)15-6-14-9)16-8(12(18)19)7-4-2-1-3-5-7/h1-6,8H,(H,14,15)(H,16,17)(H,18,19)(H,20,21)/t8-/m1/s1. The van der Waals surface area contributed by atoms with E-state index in [1.54, 1.807) is 30.3 Å². The molecule has 2 rings (SSSR count). The van der Waals surface area contributed by atoms with Gasteiger partial charge in [-0.1, -0.05) is 30.3 Å². The molecule has 1 amide bonds. The van der Waals surface area contributed by atoms with Crippen LogP contribution in [0.4, 0.5) is 0 Å². The van der Waals surface area contributed by atoms with E-state index in [9.17, 15) is 19.5 Å². The summed E-state index contributed by atoms with van der Waals surface area (Å²) in [5, 5.41) is 20.3. The molecule has 4 N–H and O–H groups in total. The monoisotopic (exact) mass is 289 g/mol. The number of carbonyl (C=O) groups is 3. The van der Waals surface area contributed by atoms with Gasteiger partial charge in [0.25, 0.3) is 5.91 Å². The highest BCUT2D eigenvalue weighted by atomic mass is 16.4.